The predicted octanol–water partition coefficient (Wildman–Crippen LogP) is 0.763. The first-order valence-electron chi connectivity index (χ1n) is 10.2. The zero-order valence-electron chi connectivity index (χ0n) is 17.6. The van der Waals surface area contributed by atoms with Crippen LogP contribution in [0.5, 0.6) is 5.75 Å². The van der Waals surface area contributed by atoms with E-state index in [4.69, 9.17) is 10.00 Å². The van der Waals surface area contributed by atoms with Crippen molar-refractivity contribution in [2.45, 2.75) is 12.6 Å². The van der Waals surface area contributed by atoms with E-state index in [0.29, 0.717) is 38.3 Å². The molecule has 0 bridgehead atoms. The maximum Gasteiger partial charge on any atom is 0.425 e. The Balaban J connectivity index is 1.35. The molecule has 0 aromatic carbocycles. The summed E-state index contributed by atoms with van der Waals surface area (Å²) in [6.07, 6.45) is -2.30. The van der Waals surface area contributed by atoms with E-state index in [-0.39, 0.29) is 25.5 Å². The third-order valence-corrected chi connectivity index (χ3v) is 4.99. The third-order valence-electron chi connectivity index (χ3n) is 4.99. The molecule has 0 aliphatic carbocycles. The van der Waals surface area contributed by atoms with Gasteiger partial charge in [0.05, 0.1) is 11.8 Å². The van der Waals surface area contributed by atoms with Crippen LogP contribution in [0.4, 0.5) is 19.0 Å². The van der Waals surface area contributed by atoms with Gasteiger partial charge < -0.3 is 19.9 Å². The van der Waals surface area contributed by atoms with E-state index in [9.17, 15) is 22.8 Å². The smallest absolute Gasteiger partial charge is 0.425 e. The van der Waals surface area contributed by atoms with Gasteiger partial charge >= 0.3 is 6.18 Å². The van der Waals surface area contributed by atoms with Crippen molar-refractivity contribution < 1.29 is 22.7 Å². The fraction of sp³-hybridized carbons (Fsp3) is 0.450. The molecule has 1 amide bonds. The van der Waals surface area contributed by atoms with Gasteiger partial charge in [0.15, 0.2) is 11.3 Å². The maximum absolute atomic E-state index is 13.0. The molecule has 33 heavy (non-hydrogen) atoms. The number of hydrogen-bond donors (Lipinski definition) is 2. The molecule has 13 heteroatoms. The summed E-state index contributed by atoms with van der Waals surface area (Å²) in [5.74, 6) is 0.0832. The Morgan fingerprint density at radius 1 is 1.21 bits per heavy atom. The molecule has 1 saturated heterocycles. The predicted molar refractivity (Wildman–Crippen MR) is 111 cm³/mol. The van der Waals surface area contributed by atoms with Gasteiger partial charge in [-0.05, 0) is 12.1 Å². The second-order valence-electron chi connectivity index (χ2n) is 7.17. The zero-order valence-corrected chi connectivity index (χ0v) is 17.6. The molecular weight excluding hydrogens is 443 g/mol. The number of nitrogens with zero attached hydrogens (tertiary/aromatic N) is 5. The quantitative estimate of drug-likeness (QED) is 0.547. The number of nitrogens with one attached hydrogen (secondary N) is 2. The monoisotopic (exact) mass is 465 g/mol. The number of aromatic amines is 1. The minimum Gasteiger partial charge on any atom is -0.490 e. The van der Waals surface area contributed by atoms with Crippen LogP contribution in [0.25, 0.3) is 0 Å². The average molecular weight is 465 g/mol. The summed E-state index contributed by atoms with van der Waals surface area (Å²) in [4.78, 5) is 31.8. The minimum absolute atomic E-state index is 0.0333. The Kier molecular flexibility index (Phi) is 7.83. The summed E-state index contributed by atoms with van der Waals surface area (Å²) in [7, 11) is 0. The highest BCUT2D eigenvalue weighted by Crippen LogP contribution is 2.32. The first-order chi connectivity index (χ1) is 15.8. The van der Waals surface area contributed by atoms with Crippen LogP contribution in [0.15, 0.2) is 29.3 Å². The Hall–Kier alpha value is -3.66. The Labute approximate surface area is 187 Å². The van der Waals surface area contributed by atoms with Gasteiger partial charge in [0.1, 0.15) is 18.5 Å². The molecule has 176 valence electrons. The van der Waals surface area contributed by atoms with Gasteiger partial charge in [0.25, 0.3) is 5.56 Å². The van der Waals surface area contributed by atoms with E-state index >= 15 is 0 Å². The van der Waals surface area contributed by atoms with Crippen molar-refractivity contribution in [1.29, 1.82) is 5.26 Å². The molecule has 2 N–H and O–H groups in total. The first kappa shape index (κ1) is 24.0. The Morgan fingerprint density at radius 3 is 2.61 bits per heavy atom. The molecule has 0 saturated carbocycles. The molecule has 1 aliphatic heterocycles. The van der Waals surface area contributed by atoms with Crippen molar-refractivity contribution in [3.63, 3.8) is 0 Å². The molecule has 0 unspecified atom stereocenters. The third kappa shape index (κ3) is 6.42. The fourth-order valence-corrected chi connectivity index (χ4v) is 3.30. The number of H-pyrrole nitrogens is 1. The van der Waals surface area contributed by atoms with Crippen LogP contribution >= 0.6 is 0 Å². The highest BCUT2D eigenvalue weighted by atomic mass is 19.4. The van der Waals surface area contributed by atoms with Crippen LogP contribution in [0.2, 0.25) is 0 Å². The number of pyridine rings is 1. The van der Waals surface area contributed by atoms with E-state index in [1.165, 1.54) is 6.20 Å². The van der Waals surface area contributed by atoms with E-state index in [1.807, 2.05) is 11.0 Å². The molecule has 0 radical (unpaired) electrons. The van der Waals surface area contributed by atoms with Gasteiger partial charge in [-0.15, -0.1) is 0 Å². The molecule has 3 heterocycles. The lowest BCUT2D eigenvalue weighted by molar-refractivity contribution is -0.140. The number of halogens is 3. The summed E-state index contributed by atoms with van der Waals surface area (Å²) < 4.78 is 43.9. The number of ether oxygens (including phenoxy) is 1. The van der Waals surface area contributed by atoms with E-state index < -0.39 is 23.0 Å². The number of carbonyl (C=O) groups is 1. The Morgan fingerprint density at radius 2 is 1.97 bits per heavy atom. The average Bonchev–Trinajstić information content (AvgIpc) is 2.80. The summed E-state index contributed by atoms with van der Waals surface area (Å²) in [6.45, 7) is 2.72. The van der Waals surface area contributed by atoms with Crippen LogP contribution < -0.4 is 20.5 Å². The second-order valence-corrected chi connectivity index (χ2v) is 7.17. The van der Waals surface area contributed by atoms with Crippen LogP contribution in [-0.2, 0) is 11.0 Å². The summed E-state index contributed by atoms with van der Waals surface area (Å²) >= 11 is 0. The largest absolute Gasteiger partial charge is 0.490 e. The highest BCUT2D eigenvalue weighted by Gasteiger charge is 2.38. The van der Waals surface area contributed by atoms with Crippen molar-refractivity contribution >= 4 is 11.7 Å². The Bertz CT molecular complexity index is 1040. The maximum atomic E-state index is 13.0. The number of nitriles is 1. The fourth-order valence-electron chi connectivity index (χ4n) is 3.30. The van der Waals surface area contributed by atoms with Gasteiger partial charge in [-0.2, -0.15) is 23.5 Å². The molecule has 1 aliphatic rings. The van der Waals surface area contributed by atoms with E-state index in [0.717, 1.165) is 12.0 Å². The van der Waals surface area contributed by atoms with Gasteiger partial charge in [0.2, 0.25) is 5.91 Å². The lowest BCUT2D eigenvalue weighted by Gasteiger charge is -2.35. The number of alkyl halides is 3. The van der Waals surface area contributed by atoms with Crippen molar-refractivity contribution in [3.05, 3.63) is 46.0 Å². The summed E-state index contributed by atoms with van der Waals surface area (Å²) in [5.41, 5.74) is -2.31. The molecular formula is C20H22F3N7O3. The molecule has 1 fully saturated rings. The number of aromatic nitrogens is 3. The van der Waals surface area contributed by atoms with Crippen LogP contribution in [0.1, 0.15) is 17.5 Å². The SMILES string of the molecule is N#Cc1ccc(N2CCN(C(=O)CCNCCOc3cn[nH]c(=O)c3C(F)(F)F)CC2)nc1. The lowest BCUT2D eigenvalue weighted by Crippen LogP contribution is -2.49. The number of amides is 1. The number of carbonyl (C=O) groups excluding carboxylic acids is 1. The molecule has 2 aromatic heterocycles. The van der Waals surface area contributed by atoms with E-state index in [1.54, 1.807) is 22.1 Å². The highest BCUT2D eigenvalue weighted by molar-refractivity contribution is 5.76. The van der Waals surface area contributed by atoms with Crippen molar-refractivity contribution in [2.24, 2.45) is 0 Å². The lowest BCUT2D eigenvalue weighted by atomic mass is 10.2. The van der Waals surface area contributed by atoms with E-state index in [2.05, 4.69) is 15.4 Å². The number of piperazine rings is 1. The standard InChI is InChI=1S/C20H22F3N7O3/c21-20(22,23)18-15(13-27-28-19(18)32)33-10-5-25-4-3-17(31)30-8-6-29(7-9-30)16-2-1-14(11-24)12-26-16/h1-2,12-13,25H,3-10H2,(H,28,32). The van der Waals surface area contributed by atoms with Gasteiger partial charge in [-0.25, -0.2) is 10.1 Å². The van der Waals surface area contributed by atoms with Crippen LogP contribution in [-0.4, -0.2) is 71.9 Å². The number of hydrogen-bond acceptors (Lipinski definition) is 8. The number of anilines is 1. The topological polar surface area (TPSA) is 127 Å². The summed E-state index contributed by atoms with van der Waals surface area (Å²) in [6, 6.07) is 5.50. The summed E-state index contributed by atoms with van der Waals surface area (Å²) in [5, 5.41) is 16.8. The van der Waals surface area contributed by atoms with Gasteiger partial charge in [0, 0.05) is 51.9 Å². The van der Waals surface area contributed by atoms with Crippen molar-refractivity contribution in [2.75, 3.05) is 50.8 Å². The van der Waals surface area contributed by atoms with Crippen molar-refractivity contribution in [1.82, 2.24) is 25.4 Å². The van der Waals surface area contributed by atoms with Crippen LogP contribution in [0.3, 0.4) is 0 Å². The second kappa shape index (κ2) is 10.8. The molecule has 2 aromatic rings. The molecule has 3 rings (SSSR count). The molecule has 0 atom stereocenters. The first-order valence-corrected chi connectivity index (χ1v) is 10.2. The van der Waals surface area contributed by atoms with Gasteiger partial charge in [-0.1, -0.05) is 0 Å². The minimum atomic E-state index is -4.86. The van der Waals surface area contributed by atoms with Crippen molar-refractivity contribution in [3.8, 4) is 11.8 Å². The molecule has 10 nitrogen and oxygen atoms in total. The van der Waals surface area contributed by atoms with Gasteiger partial charge in [-0.3, -0.25) is 9.59 Å². The normalized spacial score (nSPS) is 14.1. The zero-order chi connectivity index (χ0) is 23.8. The molecule has 0 spiro atoms. The number of rotatable bonds is 8. The van der Waals surface area contributed by atoms with Crippen LogP contribution in [0, 0.1) is 11.3 Å².